The predicted octanol–water partition coefficient (Wildman–Crippen LogP) is 5.23. The molecule has 0 radical (unpaired) electrons. The van der Waals surface area contributed by atoms with Crippen LogP contribution in [0.5, 0.6) is 11.5 Å². The van der Waals surface area contributed by atoms with Gasteiger partial charge in [0.2, 0.25) is 5.78 Å². The van der Waals surface area contributed by atoms with Gasteiger partial charge in [0.05, 0.1) is 5.56 Å². The first kappa shape index (κ1) is 17.5. The number of carbonyl (C=O) groups is 2. The first-order chi connectivity index (χ1) is 11.9. The van der Waals surface area contributed by atoms with Crippen LogP contribution in [-0.2, 0) is 4.79 Å². The molecule has 1 aliphatic rings. The minimum absolute atomic E-state index is 0.118. The van der Waals surface area contributed by atoms with E-state index in [2.05, 4.69) is 0 Å². The van der Waals surface area contributed by atoms with Crippen molar-refractivity contribution in [2.24, 2.45) is 0 Å². The summed E-state index contributed by atoms with van der Waals surface area (Å²) in [6, 6.07) is 8.25. The van der Waals surface area contributed by atoms with Crippen LogP contribution >= 0.6 is 23.2 Å². The van der Waals surface area contributed by atoms with Gasteiger partial charge in [-0.2, -0.15) is 0 Å². The first-order valence-electron chi connectivity index (χ1n) is 7.64. The largest absolute Gasteiger partial charge is 0.452 e. The van der Waals surface area contributed by atoms with Crippen LogP contribution in [0.1, 0.15) is 34.8 Å². The molecule has 4 nitrogen and oxygen atoms in total. The molecule has 1 aliphatic heterocycles. The summed E-state index contributed by atoms with van der Waals surface area (Å²) in [6.45, 7) is 3.46. The standard InChI is InChI=1S/C19H14Cl2O4/c1-3-17(22)24-11-7-10(2)18-15(8-11)25-16(19(18)23)9-12-13(20)5-4-6-14(12)21/h4-9H,3H2,1-2H3/b16-9-. The highest BCUT2D eigenvalue weighted by Gasteiger charge is 2.30. The summed E-state index contributed by atoms with van der Waals surface area (Å²) in [5.74, 6) is 0.178. The number of carbonyl (C=O) groups excluding carboxylic acids is 2. The van der Waals surface area contributed by atoms with Crippen LogP contribution in [0.3, 0.4) is 0 Å². The van der Waals surface area contributed by atoms with Crippen LogP contribution in [0.2, 0.25) is 10.0 Å². The molecule has 128 valence electrons. The van der Waals surface area contributed by atoms with Gasteiger partial charge in [-0.25, -0.2) is 0 Å². The van der Waals surface area contributed by atoms with Gasteiger partial charge in [-0.3, -0.25) is 9.59 Å². The second-order valence-corrected chi connectivity index (χ2v) is 6.33. The highest BCUT2D eigenvalue weighted by atomic mass is 35.5. The Balaban J connectivity index is 2.00. The predicted molar refractivity (Wildman–Crippen MR) is 96.5 cm³/mol. The van der Waals surface area contributed by atoms with Crippen molar-refractivity contribution in [2.75, 3.05) is 0 Å². The summed E-state index contributed by atoms with van der Waals surface area (Å²) in [6.07, 6.45) is 1.77. The van der Waals surface area contributed by atoms with Crippen molar-refractivity contribution in [1.29, 1.82) is 0 Å². The van der Waals surface area contributed by atoms with Crippen molar-refractivity contribution in [3.63, 3.8) is 0 Å². The molecule has 2 aromatic rings. The zero-order valence-corrected chi connectivity index (χ0v) is 15.1. The van der Waals surface area contributed by atoms with E-state index in [0.29, 0.717) is 38.2 Å². The summed E-state index contributed by atoms with van der Waals surface area (Å²) >= 11 is 12.3. The van der Waals surface area contributed by atoms with Crippen molar-refractivity contribution in [3.05, 3.63) is 62.8 Å². The lowest BCUT2D eigenvalue weighted by Gasteiger charge is -2.06. The maximum absolute atomic E-state index is 12.6. The smallest absolute Gasteiger partial charge is 0.310 e. The third-order valence-electron chi connectivity index (χ3n) is 3.74. The van der Waals surface area contributed by atoms with Crippen molar-refractivity contribution in [2.45, 2.75) is 20.3 Å². The van der Waals surface area contributed by atoms with E-state index in [9.17, 15) is 9.59 Å². The van der Waals surface area contributed by atoms with Gasteiger partial charge < -0.3 is 9.47 Å². The number of rotatable bonds is 3. The second-order valence-electron chi connectivity index (χ2n) is 5.52. The summed E-state index contributed by atoms with van der Waals surface area (Å²) in [7, 11) is 0. The van der Waals surface area contributed by atoms with Crippen LogP contribution in [0.25, 0.3) is 6.08 Å². The number of halogens is 2. The number of Topliss-reactive ketones (excluding diaryl/α,β-unsaturated/α-hetero) is 1. The zero-order chi connectivity index (χ0) is 18.1. The fraction of sp³-hybridized carbons (Fsp3) is 0.158. The molecule has 1 heterocycles. The Hall–Kier alpha value is -2.30. The van der Waals surface area contributed by atoms with Gasteiger partial charge in [-0.15, -0.1) is 0 Å². The molecular formula is C19H14Cl2O4. The summed E-state index contributed by atoms with van der Waals surface area (Å²) in [5.41, 5.74) is 1.61. The van der Waals surface area contributed by atoms with Gasteiger partial charge in [0.25, 0.3) is 0 Å². The summed E-state index contributed by atoms with van der Waals surface area (Å²) < 4.78 is 10.9. The van der Waals surface area contributed by atoms with E-state index in [0.717, 1.165) is 0 Å². The number of esters is 1. The van der Waals surface area contributed by atoms with Crippen LogP contribution < -0.4 is 9.47 Å². The fourth-order valence-corrected chi connectivity index (χ4v) is 3.03. The molecule has 6 heteroatoms. The number of aryl methyl sites for hydroxylation is 1. The van der Waals surface area contributed by atoms with E-state index >= 15 is 0 Å². The maximum Gasteiger partial charge on any atom is 0.310 e. The van der Waals surface area contributed by atoms with Gasteiger partial charge in [-0.1, -0.05) is 36.2 Å². The Morgan fingerprint density at radius 2 is 1.92 bits per heavy atom. The molecule has 0 amide bonds. The van der Waals surface area contributed by atoms with Gasteiger partial charge in [0.15, 0.2) is 5.76 Å². The monoisotopic (exact) mass is 376 g/mol. The molecule has 2 aromatic carbocycles. The van der Waals surface area contributed by atoms with E-state index in [1.165, 1.54) is 12.1 Å². The number of ether oxygens (including phenoxy) is 2. The van der Waals surface area contributed by atoms with E-state index < -0.39 is 0 Å². The number of benzene rings is 2. The van der Waals surface area contributed by atoms with Crippen molar-refractivity contribution < 1.29 is 19.1 Å². The molecule has 0 bridgehead atoms. The molecule has 0 atom stereocenters. The lowest BCUT2D eigenvalue weighted by atomic mass is 10.0. The number of hydrogen-bond donors (Lipinski definition) is 0. The van der Waals surface area contributed by atoms with Crippen LogP contribution in [0.4, 0.5) is 0 Å². The van der Waals surface area contributed by atoms with E-state index in [-0.39, 0.29) is 23.9 Å². The van der Waals surface area contributed by atoms with Gasteiger partial charge in [0, 0.05) is 28.1 Å². The Morgan fingerprint density at radius 1 is 1.24 bits per heavy atom. The normalized spacial score (nSPS) is 14.4. The third kappa shape index (κ3) is 3.41. The van der Waals surface area contributed by atoms with Crippen molar-refractivity contribution in [3.8, 4) is 11.5 Å². The van der Waals surface area contributed by atoms with E-state index in [1.807, 2.05) is 0 Å². The Bertz CT molecular complexity index is 896. The van der Waals surface area contributed by atoms with Gasteiger partial charge >= 0.3 is 5.97 Å². The second kappa shape index (κ2) is 6.90. The highest BCUT2D eigenvalue weighted by molar-refractivity contribution is 6.37. The van der Waals surface area contributed by atoms with Gasteiger partial charge in [-0.05, 0) is 36.8 Å². The number of hydrogen-bond acceptors (Lipinski definition) is 4. The number of fused-ring (bicyclic) bond motifs is 1. The van der Waals surface area contributed by atoms with Crippen LogP contribution in [0, 0.1) is 6.92 Å². The molecule has 25 heavy (non-hydrogen) atoms. The average Bonchev–Trinajstić information content (AvgIpc) is 2.87. The molecule has 0 aliphatic carbocycles. The molecule has 0 unspecified atom stereocenters. The topological polar surface area (TPSA) is 52.6 Å². The fourth-order valence-electron chi connectivity index (χ4n) is 2.52. The van der Waals surface area contributed by atoms with Crippen molar-refractivity contribution >= 4 is 41.0 Å². The SMILES string of the molecule is CCC(=O)Oc1cc(C)c2c(c1)O/C(=C\c1c(Cl)cccc1Cl)C2=O. The number of ketones is 1. The molecule has 0 saturated carbocycles. The Labute approximate surface area is 155 Å². The summed E-state index contributed by atoms with van der Waals surface area (Å²) in [4.78, 5) is 24.1. The third-order valence-corrected chi connectivity index (χ3v) is 4.40. The molecule has 0 aromatic heterocycles. The first-order valence-corrected chi connectivity index (χ1v) is 8.40. The minimum Gasteiger partial charge on any atom is -0.452 e. The van der Waals surface area contributed by atoms with Crippen molar-refractivity contribution in [1.82, 2.24) is 0 Å². The van der Waals surface area contributed by atoms with Gasteiger partial charge in [0.1, 0.15) is 11.5 Å². The molecule has 0 N–H and O–H groups in total. The highest BCUT2D eigenvalue weighted by Crippen LogP contribution is 2.38. The molecule has 0 spiro atoms. The zero-order valence-electron chi connectivity index (χ0n) is 13.6. The quantitative estimate of drug-likeness (QED) is 0.417. The van der Waals surface area contributed by atoms with Crippen LogP contribution in [0.15, 0.2) is 36.1 Å². The maximum atomic E-state index is 12.6. The lowest BCUT2D eigenvalue weighted by Crippen LogP contribution is -2.06. The molecule has 0 saturated heterocycles. The summed E-state index contributed by atoms with van der Waals surface area (Å²) in [5, 5.41) is 0.836. The van der Waals surface area contributed by atoms with Crippen LogP contribution in [-0.4, -0.2) is 11.8 Å². The van der Waals surface area contributed by atoms with E-state index in [4.69, 9.17) is 32.7 Å². The average molecular weight is 377 g/mol. The Morgan fingerprint density at radius 3 is 2.56 bits per heavy atom. The molecule has 0 fully saturated rings. The molecule has 3 rings (SSSR count). The molecular weight excluding hydrogens is 363 g/mol. The minimum atomic E-state index is -0.359. The van der Waals surface area contributed by atoms with E-state index in [1.54, 1.807) is 38.1 Å². The Kier molecular flexibility index (Phi) is 4.84. The number of allylic oxidation sites excluding steroid dienone is 1. The lowest BCUT2D eigenvalue weighted by molar-refractivity contribution is -0.134.